The van der Waals surface area contributed by atoms with Crippen molar-refractivity contribution in [1.82, 2.24) is 9.88 Å². The Hall–Kier alpha value is -1.92. The molecular weight excluding hydrogens is 284 g/mol. The summed E-state index contributed by atoms with van der Waals surface area (Å²) in [6.07, 6.45) is 0. The minimum atomic E-state index is -0.0623. The Morgan fingerprint density at radius 1 is 1.43 bits per heavy atom. The molecule has 0 bridgehead atoms. The van der Waals surface area contributed by atoms with E-state index in [1.165, 1.54) is 0 Å². The highest BCUT2D eigenvalue weighted by Crippen LogP contribution is 2.17. The number of aromatic nitrogens is 1. The van der Waals surface area contributed by atoms with E-state index in [2.05, 4.69) is 10.3 Å². The molecule has 0 fully saturated rings. The molecule has 2 aromatic rings. The van der Waals surface area contributed by atoms with Gasteiger partial charge in [0, 0.05) is 23.3 Å². The van der Waals surface area contributed by atoms with Crippen LogP contribution in [0.5, 0.6) is 0 Å². The van der Waals surface area contributed by atoms with E-state index in [-0.39, 0.29) is 5.91 Å². The van der Waals surface area contributed by atoms with E-state index >= 15 is 0 Å². The first-order valence-corrected chi connectivity index (χ1v) is 7.57. The molecule has 3 N–H and O–H groups in total. The summed E-state index contributed by atoms with van der Waals surface area (Å²) in [7, 11) is 1.90. The third-order valence-electron chi connectivity index (χ3n) is 3.08. The number of hydrogen-bond acceptors (Lipinski definition) is 5. The summed E-state index contributed by atoms with van der Waals surface area (Å²) in [6, 6.07) is 5.52. The Balaban J connectivity index is 1.87. The molecule has 1 heterocycles. The fourth-order valence-corrected chi connectivity index (χ4v) is 2.58. The lowest BCUT2D eigenvalue weighted by Crippen LogP contribution is -2.30. The van der Waals surface area contributed by atoms with Crippen molar-refractivity contribution in [3.8, 4) is 0 Å². The third kappa shape index (κ3) is 4.54. The van der Waals surface area contributed by atoms with E-state index in [9.17, 15) is 4.79 Å². The molecule has 0 saturated heterocycles. The average molecular weight is 304 g/mol. The van der Waals surface area contributed by atoms with Crippen molar-refractivity contribution < 1.29 is 4.79 Å². The molecule has 112 valence electrons. The number of nitrogens with zero attached hydrogens (tertiary/aromatic N) is 2. The molecule has 0 unspecified atom stereocenters. The number of thiazole rings is 1. The zero-order valence-electron chi connectivity index (χ0n) is 12.5. The predicted molar refractivity (Wildman–Crippen MR) is 87.4 cm³/mol. The summed E-state index contributed by atoms with van der Waals surface area (Å²) in [6.45, 7) is 4.88. The summed E-state index contributed by atoms with van der Waals surface area (Å²) in [5.74, 6) is -0.0623. The standard InChI is InChI=1S/C15H20N4OS/c1-10-4-5-12(6-14(10)16)18-15(20)8-19(3)7-13-9-21-11(2)17-13/h4-6,9H,7-8,16H2,1-3H3,(H,18,20). The van der Waals surface area contributed by atoms with Crippen molar-refractivity contribution in [2.24, 2.45) is 0 Å². The van der Waals surface area contributed by atoms with Crippen molar-refractivity contribution >= 4 is 28.6 Å². The quantitative estimate of drug-likeness (QED) is 0.832. The van der Waals surface area contributed by atoms with Crippen LogP contribution in [0.2, 0.25) is 0 Å². The highest BCUT2D eigenvalue weighted by Gasteiger charge is 2.09. The first-order valence-electron chi connectivity index (χ1n) is 6.69. The van der Waals surface area contributed by atoms with Gasteiger partial charge in [0.15, 0.2) is 0 Å². The Bertz CT molecular complexity index is 638. The van der Waals surface area contributed by atoms with Crippen LogP contribution in [0.15, 0.2) is 23.6 Å². The topological polar surface area (TPSA) is 71.2 Å². The first-order chi connectivity index (χ1) is 9.94. The highest BCUT2D eigenvalue weighted by atomic mass is 32.1. The summed E-state index contributed by atoms with van der Waals surface area (Å²) in [5, 5.41) is 5.91. The van der Waals surface area contributed by atoms with E-state index in [0.717, 1.165) is 22.0 Å². The maximum absolute atomic E-state index is 12.0. The smallest absolute Gasteiger partial charge is 0.238 e. The summed E-state index contributed by atoms with van der Waals surface area (Å²) in [5.41, 5.74) is 9.23. The van der Waals surface area contributed by atoms with E-state index in [4.69, 9.17) is 5.73 Å². The van der Waals surface area contributed by atoms with Gasteiger partial charge in [-0.05, 0) is 38.6 Å². The predicted octanol–water partition coefficient (Wildman–Crippen LogP) is 2.41. The van der Waals surface area contributed by atoms with Gasteiger partial charge in [0.2, 0.25) is 5.91 Å². The molecule has 1 aromatic carbocycles. The molecule has 0 saturated carbocycles. The summed E-state index contributed by atoms with van der Waals surface area (Å²) >= 11 is 1.62. The molecule has 5 nitrogen and oxygen atoms in total. The molecule has 0 atom stereocenters. The Morgan fingerprint density at radius 3 is 2.81 bits per heavy atom. The Morgan fingerprint density at radius 2 is 2.19 bits per heavy atom. The van der Waals surface area contributed by atoms with Gasteiger partial charge in [0.1, 0.15) is 0 Å². The van der Waals surface area contributed by atoms with Gasteiger partial charge in [0.05, 0.1) is 17.2 Å². The molecule has 0 radical (unpaired) electrons. The number of nitrogens with one attached hydrogen (secondary N) is 1. The van der Waals surface area contributed by atoms with Crippen molar-refractivity contribution in [3.63, 3.8) is 0 Å². The van der Waals surface area contributed by atoms with Crippen LogP contribution >= 0.6 is 11.3 Å². The van der Waals surface area contributed by atoms with Crippen LogP contribution in [-0.2, 0) is 11.3 Å². The van der Waals surface area contributed by atoms with Gasteiger partial charge in [-0.1, -0.05) is 6.07 Å². The van der Waals surface area contributed by atoms with E-state index in [1.54, 1.807) is 17.4 Å². The second-order valence-electron chi connectivity index (χ2n) is 5.15. The molecule has 0 aliphatic rings. The van der Waals surface area contributed by atoms with Crippen molar-refractivity contribution in [3.05, 3.63) is 39.8 Å². The van der Waals surface area contributed by atoms with E-state index < -0.39 is 0 Å². The number of anilines is 2. The Kier molecular flexibility index (Phi) is 4.93. The number of benzene rings is 1. The fourth-order valence-electron chi connectivity index (χ4n) is 1.98. The largest absolute Gasteiger partial charge is 0.398 e. The van der Waals surface area contributed by atoms with Crippen molar-refractivity contribution in [1.29, 1.82) is 0 Å². The molecule has 1 amide bonds. The van der Waals surface area contributed by atoms with Gasteiger partial charge in [0.25, 0.3) is 0 Å². The SMILES string of the molecule is Cc1nc(CN(C)CC(=O)Nc2ccc(C)c(N)c2)cs1. The van der Waals surface area contributed by atoms with Crippen LogP contribution in [0.25, 0.3) is 0 Å². The molecule has 21 heavy (non-hydrogen) atoms. The lowest BCUT2D eigenvalue weighted by Gasteiger charge is -2.15. The van der Waals surface area contributed by atoms with Crippen LogP contribution in [0.3, 0.4) is 0 Å². The third-order valence-corrected chi connectivity index (χ3v) is 3.90. The van der Waals surface area contributed by atoms with Crippen LogP contribution in [0.4, 0.5) is 11.4 Å². The average Bonchev–Trinajstić information content (AvgIpc) is 2.79. The van der Waals surface area contributed by atoms with Gasteiger partial charge >= 0.3 is 0 Å². The van der Waals surface area contributed by atoms with Gasteiger partial charge < -0.3 is 11.1 Å². The minimum absolute atomic E-state index is 0.0623. The zero-order valence-corrected chi connectivity index (χ0v) is 13.3. The maximum atomic E-state index is 12.0. The minimum Gasteiger partial charge on any atom is -0.398 e. The fraction of sp³-hybridized carbons (Fsp3) is 0.333. The van der Waals surface area contributed by atoms with E-state index in [1.807, 2.05) is 43.3 Å². The number of hydrogen-bond donors (Lipinski definition) is 2. The van der Waals surface area contributed by atoms with Gasteiger partial charge in [-0.3, -0.25) is 9.69 Å². The van der Waals surface area contributed by atoms with Gasteiger partial charge in [-0.2, -0.15) is 0 Å². The van der Waals surface area contributed by atoms with Crippen LogP contribution < -0.4 is 11.1 Å². The maximum Gasteiger partial charge on any atom is 0.238 e. The lowest BCUT2D eigenvalue weighted by molar-refractivity contribution is -0.117. The molecule has 6 heteroatoms. The van der Waals surface area contributed by atoms with Crippen LogP contribution in [-0.4, -0.2) is 29.4 Å². The van der Waals surface area contributed by atoms with Crippen LogP contribution in [0, 0.1) is 13.8 Å². The number of rotatable bonds is 5. The molecule has 1 aromatic heterocycles. The van der Waals surface area contributed by atoms with Crippen molar-refractivity contribution in [2.75, 3.05) is 24.6 Å². The Labute approximate surface area is 128 Å². The van der Waals surface area contributed by atoms with Crippen LogP contribution in [0.1, 0.15) is 16.3 Å². The van der Waals surface area contributed by atoms with Gasteiger partial charge in [-0.25, -0.2) is 4.98 Å². The molecular formula is C15H20N4OS. The molecule has 0 spiro atoms. The number of nitrogens with two attached hydrogens (primary N) is 1. The number of carbonyl (C=O) groups is 1. The van der Waals surface area contributed by atoms with E-state index in [0.29, 0.717) is 18.8 Å². The normalized spacial score (nSPS) is 10.9. The van der Waals surface area contributed by atoms with Crippen molar-refractivity contribution in [2.45, 2.75) is 20.4 Å². The molecule has 0 aliphatic heterocycles. The highest BCUT2D eigenvalue weighted by molar-refractivity contribution is 7.09. The number of aryl methyl sites for hydroxylation is 2. The first kappa shape index (κ1) is 15.5. The number of amides is 1. The zero-order chi connectivity index (χ0) is 15.4. The second kappa shape index (κ2) is 6.69. The van der Waals surface area contributed by atoms with Gasteiger partial charge in [-0.15, -0.1) is 11.3 Å². The number of likely N-dealkylation sites (N-methyl/N-ethyl adjacent to an activating group) is 1. The lowest BCUT2D eigenvalue weighted by atomic mass is 10.2. The summed E-state index contributed by atoms with van der Waals surface area (Å²) in [4.78, 5) is 18.3. The number of nitrogen functional groups attached to an aromatic ring is 1. The monoisotopic (exact) mass is 304 g/mol. The second-order valence-corrected chi connectivity index (χ2v) is 6.21. The number of carbonyl (C=O) groups excluding carboxylic acids is 1. The molecule has 2 rings (SSSR count). The molecule has 0 aliphatic carbocycles. The summed E-state index contributed by atoms with van der Waals surface area (Å²) < 4.78 is 0.